The van der Waals surface area contributed by atoms with Gasteiger partial charge in [-0.25, -0.2) is 4.39 Å². The maximum atomic E-state index is 12.7. The molecule has 0 radical (unpaired) electrons. The molecule has 22 heavy (non-hydrogen) atoms. The Morgan fingerprint density at radius 2 is 1.95 bits per heavy atom. The lowest BCUT2D eigenvalue weighted by molar-refractivity contribution is 0.117. The minimum absolute atomic E-state index is 0.0822. The van der Waals surface area contributed by atoms with E-state index in [1.54, 1.807) is 0 Å². The molecule has 0 bridgehead atoms. The Balaban J connectivity index is 1.49. The minimum atomic E-state index is -0.750. The van der Waals surface area contributed by atoms with Gasteiger partial charge in [0.15, 0.2) is 5.58 Å². The Morgan fingerprint density at radius 3 is 2.73 bits per heavy atom. The number of aliphatic hydroxyl groups excluding tert-OH is 1. The van der Waals surface area contributed by atoms with Gasteiger partial charge in [-0.05, 0) is 36.4 Å². The lowest BCUT2D eigenvalue weighted by Gasteiger charge is -2.12. The Bertz CT molecular complexity index is 709. The van der Waals surface area contributed by atoms with Crippen molar-refractivity contribution in [2.45, 2.75) is 6.10 Å². The quantitative estimate of drug-likeness (QED) is 0.733. The van der Waals surface area contributed by atoms with Gasteiger partial charge in [-0.2, -0.15) is 4.98 Å². The van der Waals surface area contributed by atoms with E-state index >= 15 is 0 Å². The smallest absolute Gasteiger partial charge is 0.295 e. The summed E-state index contributed by atoms with van der Waals surface area (Å²) in [5.74, 6) is 0.174. The zero-order valence-corrected chi connectivity index (χ0v) is 11.7. The second-order valence-electron chi connectivity index (χ2n) is 4.79. The average molecular weight is 302 g/mol. The van der Waals surface area contributed by atoms with Gasteiger partial charge in [0.2, 0.25) is 0 Å². The normalized spacial score (nSPS) is 12.3. The molecule has 3 aromatic rings. The summed E-state index contributed by atoms with van der Waals surface area (Å²) in [6.07, 6.45) is -0.750. The van der Waals surface area contributed by atoms with Gasteiger partial charge in [0.25, 0.3) is 6.01 Å². The van der Waals surface area contributed by atoms with Crippen molar-refractivity contribution in [3.63, 3.8) is 0 Å². The Labute approximate surface area is 126 Å². The van der Waals surface area contributed by atoms with Gasteiger partial charge < -0.3 is 19.6 Å². The molecule has 1 aromatic heterocycles. The molecule has 0 fully saturated rings. The molecule has 3 rings (SSSR count). The van der Waals surface area contributed by atoms with Crippen molar-refractivity contribution >= 4 is 17.1 Å². The van der Waals surface area contributed by atoms with E-state index in [1.165, 1.54) is 24.3 Å². The monoisotopic (exact) mass is 302 g/mol. The second kappa shape index (κ2) is 6.44. The van der Waals surface area contributed by atoms with Crippen molar-refractivity contribution in [3.05, 3.63) is 54.3 Å². The molecule has 1 heterocycles. The van der Waals surface area contributed by atoms with Gasteiger partial charge in [0, 0.05) is 6.54 Å². The number of aromatic nitrogens is 1. The topological polar surface area (TPSA) is 67.5 Å². The summed E-state index contributed by atoms with van der Waals surface area (Å²) in [6, 6.07) is 13.4. The van der Waals surface area contributed by atoms with E-state index in [2.05, 4.69) is 10.3 Å². The van der Waals surface area contributed by atoms with Gasteiger partial charge >= 0.3 is 0 Å². The van der Waals surface area contributed by atoms with E-state index in [0.29, 0.717) is 17.3 Å². The highest BCUT2D eigenvalue weighted by Crippen LogP contribution is 2.18. The van der Waals surface area contributed by atoms with Crippen molar-refractivity contribution in [2.24, 2.45) is 0 Å². The first-order valence-electron chi connectivity index (χ1n) is 6.86. The van der Waals surface area contributed by atoms with E-state index < -0.39 is 6.10 Å². The zero-order valence-electron chi connectivity index (χ0n) is 11.7. The highest BCUT2D eigenvalue weighted by atomic mass is 19.1. The minimum Gasteiger partial charge on any atom is -0.491 e. The molecule has 0 aliphatic heterocycles. The number of ether oxygens (including phenoxy) is 1. The van der Waals surface area contributed by atoms with Crippen molar-refractivity contribution in [1.29, 1.82) is 0 Å². The number of hydrogen-bond acceptors (Lipinski definition) is 5. The third-order valence-corrected chi connectivity index (χ3v) is 3.04. The first-order chi connectivity index (χ1) is 10.7. The number of hydrogen-bond donors (Lipinski definition) is 2. The molecule has 2 N–H and O–H groups in total. The summed E-state index contributed by atoms with van der Waals surface area (Å²) >= 11 is 0. The summed E-state index contributed by atoms with van der Waals surface area (Å²) in [6.45, 7) is 0.312. The lowest BCUT2D eigenvalue weighted by atomic mass is 10.3. The van der Waals surface area contributed by atoms with Gasteiger partial charge in [0.05, 0.1) is 0 Å². The molecular formula is C16H15FN2O3. The van der Waals surface area contributed by atoms with Gasteiger partial charge in [-0.1, -0.05) is 12.1 Å². The molecule has 0 saturated heterocycles. The molecule has 1 unspecified atom stereocenters. The van der Waals surface area contributed by atoms with Crippen LogP contribution in [0.2, 0.25) is 0 Å². The second-order valence-corrected chi connectivity index (χ2v) is 4.79. The van der Waals surface area contributed by atoms with Crippen LogP contribution in [0, 0.1) is 5.82 Å². The molecule has 0 aliphatic carbocycles. The Morgan fingerprint density at radius 1 is 1.18 bits per heavy atom. The van der Waals surface area contributed by atoms with Crippen molar-refractivity contribution in [2.75, 3.05) is 18.5 Å². The fraction of sp³-hybridized carbons (Fsp3) is 0.188. The van der Waals surface area contributed by atoms with Crippen molar-refractivity contribution in [3.8, 4) is 5.75 Å². The predicted octanol–water partition coefficient (Wildman–Crippen LogP) is 2.82. The fourth-order valence-corrected chi connectivity index (χ4v) is 1.94. The largest absolute Gasteiger partial charge is 0.491 e. The number of anilines is 1. The number of fused-ring (bicyclic) bond motifs is 1. The van der Waals surface area contributed by atoms with E-state index in [-0.39, 0.29) is 19.0 Å². The molecule has 5 nitrogen and oxygen atoms in total. The molecule has 114 valence electrons. The number of nitrogens with one attached hydrogen (secondary N) is 1. The number of halogens is 1. The van der Waals surface area contributed by atoms with Crippen LogP contribution in [-0.4, -0.2) is 29.3 Å². The van der Waals surface area contributed by atoms with Crippen LogP contribution in [0.25, 0.3) is 11.1 Å². The first-order valence-corrected chi connectivity index (χ1v) is 6.86. The summed E-state index contributed by atoms with van der Waals surface area (Å²) in [7, 11) is 0. The SMILES string of the molecule is OC(CNc1nc2ccccc2o1)COc1ccc(F)cc1. The standard InChI is InChI=1S/C16H15FN2O3/c17-11-5-7-13(8-6-11)21-10-12(20)9-18-16-19-14-3-1-2-4-15(14)22-16/h1-8,12,20H,9-10H2,(H,18,19). The number of benzene rings is 2. The van der Waals surface area contributed by atoms with E-state index in [4.69, 9.17) is 9.15 Å². The summed E-state index contributed by atoms with van der Waals surface area (Å²) in [5, 5.41) is 12.8. The number of oxazole rings is 1. The fourth-order valence-electron chi connectivity index (χ4n) is 1.94. The molecule has 2 aromatic carbocycles. The zero-order chi connectivity index (χ0) is 15.4. The molecule has 1 atom stereocenters. The van der Waals surface area contributed by atoms with Crippen LogP contribution >= 0.6 is 0 Å². The Kier molecular flexibility index (Phi) is 4.20. The number of para-hydroxylation sites is 2. The van der Waals surface area contributed by atoms with Crippen LogP contribution in [-0.2, 0) is 0 Å². The highest BCUT2D eigenvalue weighted by Gasteiger charge is 2.09. The van der Waals surface area contributed by atoms with Crippen LogP contribution in [0.4, 0.5) is 10.4 Å². The van der Waals surface area contributed by atoms with Crippen LogP contribution in [0.1, 0.15) is 0 Å². The highest BCUT2D eigenvalue weighted by molar-refractivity contribution is 5.74. The molecule has 6 heteroatoms. The molecule has 0 spiro atoms. The van der Waals surface area contributed by atoms with Gasteiger partial charge in [-0.15, -0.1) is 0 Å². The van der Waals surface area contributed by atoms with Crippen molar-refractivity contribution < 1.29 is 18.7 Å². The van der Waals surface area contributed by atoms with Gasteiger partial charge in [0.1, 0.15) is 29.8 Å². The van der Waals surface area contributed by atoms with Crippen LogP contribution in [0.3, 0.4) is 0 Å². The molecular weight excluding hydrogens is 287 g/mol. The number of rotatable bonds is 6. The van der Waals surface area contributed by atoms with Crippen molar-refractivity contribution in [1.82, 2.24) is 4.98 Å². The third kappa shape index (κ3) is 3.53. The maximum absolute atomic E-state index is 12.7. The maximum Gasteiger partial charge on any atom is 0.295 e. The van der Waals surface area contributed by atoms with Crippen LogP contribution in [0.15, 0.2) is 52.9 Å². The average Bonchev–Trinajstić information content (AvgIpc) is 2.95. The van der Waals surface area contributed by atoms with Gasteiger partial charge in [-0.3, -0.25) is 0 Å². The van der Waals surface area contributed by atoms with Crippen LogP contribution in [0.5, 0.6) is 5.75 Å². The number of aliphatic hydroxyl groups is 1. The predicted molar refractivity (Wildman–Crippen MR) is 80.4 cm³/mol. The lowest BCUT2D eigenvalue weighted by Crippen LogP contribution is -2.26. The van der Waals surface area contributed by atoms with Crippen LogP contribution < -0.4 is 10.1 Å². The van der Waals surface area contributed by atoms with E-state index in [1.807, 2.05) is 24.3 Å². The third-order valence-electron chi connectivity index (χ3n) is 3.04. The molecule has 0 aliphatic rings. The first kappa shape index (κ1) is 14.3. The summed E-state index contributed by atoms with van der Waals surface area (Å²) < 4.78 is 23.6. The molecule has 0 amide bonds. The summed E-state index contributed by atoms with van der Waals surface area (Å²) in [4.78, 5) is 4.24. The van der Waals surface area contributed by atoms with E-state index in [0.717, 1.165) is 5.52 Å². The summed E-state index contributed by atoms with van der Waals surface area (Å²) in [5.41, 5.74) is 1.43. The Hall–Kier alpha value is -2.60. The molecule has 0 saturated carbocycles. The van der Waals surface area contributed by atoms with E-state index in [9.17, 15) is 9.50 Å². The number of nitrogens with zero attached hydrogens (tertiary/aromatic N) is 1.